The minimum Gasteiger partial charge on any atom is -0.299 e. The van der Waals surface area contributed by atoms with E-state index in [0.717, 1.165) is 17.5 Å². The zero-order valence-electron chi connectivity index (χ0n) is 15.4. The zero-order valence-corrected chi connectivity index (χ0v) is 15.4. The highest BCUT2D eigenvalue weighted by Gasteiger charge is 2.35. The van der Waals surface area contributed by atoms with Gasteiger partial charge in [-0.25, -0.2) is 0 Å². The summed E-state index contributed by atoms with van der Waals surface area (Å²) in [6, 6.07) is 25.3. The number of rotatable bonds is 5. The van der Waals surface area contributed by atoms with Crippen LogP contribution in [0.3, 0.4) is 0 Å². The van der Waals surface area contributed by atoms with E-state index < -0.39 is 0 Å². The first-order valence-electron chi connectivity index (χ1n) is 9.51. The fraction of sp³-hybridized carbons (Fsp3) is 0.200. The van der Waals surface area contributed by atoms with Gasteiger partial charge in [0.1, 0.15) is 5.78 Å². The summed E-state index contributed by atoms with van der Waals surface area (Å²) in [5, 5.41) is 0. The molecule has 0 saturated heterocycles. The lowest BCUT2D eigenvalue weighted by atomic mass is 9.73. The highest BCUT2D eigenvalue weighted by molar-refractivity contribution is 6.15. The van der Waals surface area contributed by atoms with E-state index in [9.17, 15) is 9.59 Å². The van der Waals surface area contributed by atoms with Gasteiger partial charge in [0.25, 0.3) is 0 Å². The van der Waals surface area contributed by atoms with E-state index >= 15 is 0 Å². The van der Waals surface area contributed by atoms with E-state index in [4.69, 9.17) is 0 Å². The van der Waals surface area contributed by atoms with Gasteiger partial charge in [-0.15, -0.1) is 0 Å². The van der Waals surface area contributed by atoms with Crippen LogP contribution in [0.15, 0.2) is 78.9 Å². The molecule has 0 bridgehead atoms. The second-order valence-corrected chi connectivity index (χ2v) is 7.12. The molecule has 0 heterocycles. The van der Waals surface area contributed by atoms with Crippen LogP contribution in [0.1, 0.15) is 64.2 Å². The van der Waals surface area contributed by atoms with Crippen LogP contribution in [0.25, 0.3) is 0 Å². The minimum absolute atomic E-state index is 0.0142. The number of ketones is 2. The summed E-state index contributed by atoms with van der Waals surface area (Å²) in [6.07, 6.45) is 1.38. The molecule has 2 nitrogen and oxygen atoms in total. The molecule has 0 aromatic heterocycles. The zero-order chi connectivity index (χ0) is 18.8. The minimum atomic E-state index is -0.368. The topological polar surface area (TPSA) is 34.1 Å². The van der Waals surface area contributed by atoms with Gasteiger partial charge < -0.3 is 0 Å². The molecule has 0 N–H and O–H groups in total. The standard InChI is InChI=1S/C25H22O2/c1-2-17(18-10-4-3-5-11-18)16-23(26)24-19-12-6-8-14-21(19)25(27)22-15-9-7-13-20(22)24/h3-15,17,24H,2,16H2,1H3/t17-/m0/s1. The lowest BCUT2D eigenvalue weighted by molar-refractivity contribution is -0.120. The van der Waals surface area contributed by atoms with E-state index in [1.54, 1.807) is 0 Å². The third kappa shape index (κ3) is 3.12. The first-order valence-corrected chi connectivity index (χ1v) is 9.51. The van der Waals surface area contributed by atoms with Crippen molar-refractivity contribution in [3.05, 3.63) is 107 Å². The van der Waals surface area contributed by atoms with Gasteiger partial charge in [-0.2, -0.15) is 0 Å². The molecule has 1 atom stereocenters. The van der Waals surface area contributed by atoms with Crippen molar-refractivity contribution in [2.75, 3.05) is 0 Å². The van der Waals surface area contributed by atoms with Crippen LogP contribution in [0, 0.1) is 0 Å². The molecule has 0 spiro atoms. The van der Waals surface area contributed by atoms with Gasteiger partial charge >= 0.3 is 0 Å². The van der Waals surface area contributed by atoms with Crippen molar-refractivity contribution in [2.45, 2.75) is 31.6 Å². The molecule has 0 radical (unpaired) electrons. The van der Waals surface area contributed by atoms with E-state index in [0.29, 0.717) is 17.5 Å². The number of benzene rings is 3. The van der Waals surface area contributed by atoms with E-state index in [2.05, 4.69) is 19.1 Å². The van der Waals surface area contributed by atoms with Crippen molar-refractivity contribution in [2.24, 2.45) is 0 Å². The Morgan fingerprint density at radius 1 is 0.815 bits per heavy atom. The first-order chi connectivity index (χ1) is 13.2. The molecular weight excluding hydrogens is 332 g/mol. The molecule has 1 aliphatic carbocycles. The molecule has 3 aromatic carbocycles. The predicted octanol–water partition coefficient (Wildman–Crippen LogP) is 5.52. The molecule has 0 fully saturated rings. The number of hydrogen-bond donors (Lipinski definition) is 0. The second-order valence-electron chi connectivity index (χ2n) is 7.12. The van der Waals surface area contributed by atoms with Crippen molar-refractivity contribution in [1.29, 1.82) is 0 Å². The van der Waals surface area contributed by atoms with Gasteiger partial charge in [0, 0.05) is 17.5 Å². The lowest BCUT2D eigenvalue weighted by Gasteiger charge is -2.28. The Hall–Kier alpha value is -3.00. The second kappa shape index (κ2) is 7.32. The van der Waals surface area contributed by atoms with Crippen molar-refractivity contribution < 1.29 is 9.59 Å². The molecule has 4 rings (SSSR count). The Balaban J connectivity index is 1.74. The first kappa shape index (κ1) is 17.4. The van der Waals surface area contributed by atoms with Crippen LogP contribution < -0.4 is 0 Å². The summed E-state index contributed by atoms with van der Waals surface area (Å²) in [6.45, 7) is 2.12. The van der Waals surface area contributed by atoms with Crippen LogP contribution in [0.2, 0.25) is 0 Å². The monoisotopic (exact) mass is 354 g/mol. The van der Waals surface area contributed by atoms with Crippen molar-refractivity contribution >= 4 is 11.6 Å². The van der Waals surface area contributed by atoms with Crippen molar-refractivity contribution in [1.82, 2.24) is 0 Å². The molecule has 0 unspecified atom stereocenters. The summed E-state index contributed by atoms with van der Waals surface area (Å²) < 4.78 is 0. The maximum Gasteiger partial charge on any atom is 0.193 e. The lowest BCUT2D eigenvalue weighted by Crippen LogP contribution is -2.26. The molecule has 0 amide bonds. The molecule has 134 valence electrons. The van der Waals surface area contributed by atoms with E-state index in [-0.39, 0.29) is 23.4 Å². The average molecular weight is 354 g/mol. The quantitative estimate of drug-likeness (QED) is 0.605. The maximum absolute atomic E-state index is 13.5. The van der Waals surface area contributed by atoms with E-state index in [1.165, 1.54) is 5.56 Å². The van der Waals surface area contributed by atoms with Crippen LogP contribution in [-0.2, 0) is 4.79 Å². The Morgan fingerprint density at radius 2 is 1.33 bits per heavy atom. The molecule has 2 heteroatoms. The van der Waals surface area contributed by atoms with E-state index in [1.807, 2.05) is 66.7 Å². The summed E-state index contributed by atoms with van der Waals surface area (Å²) >= 11 is 0. The highest BCUT2D eigenvalue weighted by Crippen LogP contribution is 2.39. The van der Waals surface area contributed by atoms with Crippen LogP contribution in [0.5, 0.6) is 0 Å². The fourth-order valence-electron chi connectivity index (χ4n) is 4.15. The van der Waals surface area contributed by atoms with Crippen molar-refractivity contribution in [3.63, 3.8) is 0 Å². The van der Waals surface area contributed by atoms with Crippen LogP contribution in [-0.4, -0.2) is 11.6 Å². The Bertz CT molecular complexity index is 938. The van der Waals surface area contributed by atoms with Gasteiger partial charge in [0.2, 0.25) is 0 Å². The Labute approximate surface area is 159 Å². The molecule has 0 aliphatic heterocycles. The molecule has 0 saturated carbocycles. The number of hydrogen-bond acceptors (Lipinski definition) is 2. The SMILES string of the molecule is CC[C@@H](CC(=O)C1c2ccccc2C(=O)c2ccccc21)c1ccccc1. The largest absolute Gasteiger partial charge is 0.299 e. The third-order valence-electron chi connectivity index (χ3n) is 5.57. The summed E-state index contributed by atoms with van der Waals surface area (Å²) in [5.41, 5.74) is 4.19. The molecule has 3 aromatic rings. The third-order valence-corrected chi connectivity index (χ3v) is 5.57. The number of fused-ring (bicyclic) bond motifs is 2. The van der Waals surface area contributed by atoms with Gasteiger partial charge in [0.15, 0.2) is 5.78 Å². The van der Waals surface area contributed by atoms with Gasteiger partial charge in [-0.05, 0) is 29.0 Å². The highest BCUT2D eigenvalue weighted by atomic mass is 16.1. The van der Waals surface area contributed by atoms with Crippen molar-refractivity contribution in [3.8, 4) is 0 Å². The summed E-state index contributed by atoms with van der Waals surface area (Å²) in [5.74, 6) is 0.0157. The molecular formula is C25H22O2. The van der Waals surface area contributed by atoms with Gasteiger partial charge in [0.05, 0.1) is 5.92 Å². The summed E-state index contributed by atoms with van der Waals surface area (Å²) in [7, 11) is 0. The molecule has 27 heavy (non-hydrogen) atoms. The van der Waals surface area contributed by atoms with Crippen LogP contribution >= 0.6 is 0 Å². The normalized spacial score (nSPS) is 14.3. The fourth-order valence-corrected chi connectivity index (χ4v) is 4.15. The van der Waals surface area contributed by atoms with Gasteiger partial charge in [-0.1, -0.05) is 85.8 Å². The van der Waals surface area contributed by atoms with Gasteiger partial charge in [-0.3, -0.25) is 9.59 Å². The Morgan fingerprint density at radius 3 is 1.89 bits per heavy atom. The van der Waals surface area contributed by atoms with Crippen LogP contribution in [0.4, 0.5) is 0 Å². The predicted molar refractivity (Wildman–Crippen MR) is 107 cm³/mol. The average Bonchev–Trinajstić information content (AvgIpc) is 2.73. The molecule has 1 aliphatic rings. The maximum atomic E-state index is 13.5. The number of Topliss-reactive ketones (excluding diaryl/α,β-unsaturated/α-hetero) is 1. The smallest absolute Gasteiger partial charge is 0.193 e. The summed E-state index contributed by atoms with van der Waals surface area (Å²) in [4.78, 5) is 26.3. The number of carbonyl (C=O) groups is 2. The number of carbonyl (C=O) groups excluding carboxylic acids is 2. The Kier molecular flexibility index (Phi) is 4.72.